The maximum absolute atomic E-state index is 10.3. The Hall–Kier alpha value is -1.52. The van der Waals surface area contributed by atoms with Crippen LogP contribution in [0.5, 0.6) is 11.5 Å². The number of aliphatic hydroxyl groups is 1. The summed E-state index contributed by atoms with van der Waals surface area (Å²) in [5, 5.41) is 12.4. The van der Waals surface area contributed by atoms with Crippen molar-refractivity contribution in [3.63, 3.8) is 0 Å². The number of thiophene rings is 1. The first kappa shape index (κ1) is 14.9. The second kappa shape index (κ2) is 7.31. The van der Waals surface area contributed by atoms with Crippen LogP contribution in [0.3, 0.4) is 0 Å². The van der Waals surface area contributed by atoms with E-state index in [1.54, 1.807) is 31.6 Å². The van der Waals surface area contributed by atoms with Crippen molar-refractivity contribution in [2.75, 3.05) is 14.2 Å². The van der Waals surface area contributed by atoms with Gasteiger partial charge in [0.2, 0.25) is 0 Å². The Labute approximate surface area is 123 Å². The highest BCUT2D eigenvalue weighted by Gasteiger charge is 2.14. The Morgan fingerprint density at radius 3 is 2.70 bits per heavy atom. The van der Waals surface area contributed by atoms with Gasteiger partial charge in [0.05, 0.1) is 20.3 Å². The van der Waals surface area contributed by atoms with Crippen molar-refractivity contribution in [2.45, 2.75) is 25.4 Å². The first-order valence-electron chi connectivity index (χ1n) is 6.67. The Kier molecular flexibility index (Phi) is 5.44. The Morgan fingerprint density at radius 2 is 2.05 bits per heavy atom. The molecule has 108 valence electrons. The molecule has 0 saturated heterocycles. The van der Waals surface area contributed by atoms with E-state index in [-0.39, 0.29) is 0 Å². The molecule has 2 rings (SSSR count). The fourth-order valence-corrected chi connectivity index (χ4v) is 2.92. The van der Waals surface area contributed by atoms with E-state index >= 15 is 0 Å². The molecule has 0 aliphatic carbocycles. The first-order valence-corrected chi connectivity index (χ1v) is 7.55. The summed E-state index contributed by atoms with van der Waals surface area (Å²) in [5.74, 6) is 1.41. The van der Waals surface area contributed by atoms with Gasteiger partial charge in [-0.25, -0.2) is 0 Å². The molecule has 0 amide bonds. The summed E-state index contributed by atoms with van der Waals surface area (Å²) in [6.45, 7) is 0. The summed E-state index contributed by atoms with van der Waals surface area (Å²) in [7, 11) is 3.22. The molecule has 1 heterocycles. The lowest BCUT2D eigenvalue weighted by Gasteiger charge is -2.15. The zero-order valence-electron chi connectivity index (χ0n) is 11.8. The predicted octanol–water partition coefficient (Wildman–Crippen LogP) is 3.82. The molecule has 1 aromatic heterocycles. The maximum Gasteiger partial charge on any atom is 0.128 e. The molecule has 2 aromatic rings. The molecular weight excluding hydrogens is 272 g/mol. The topological polar surface area (TPSA) is 38.7 Å². The lowest BCUT2D eigenvalue weighted by Crippen LogP contribution is -2.01. The van der Waals surface area contributed by atoms with Crippen LogP contribution >= 0.6 is 11.3 Å². The molecule has 0 saturated carbocycles. The van der Waals surface area contributed by atoms with Crippen LogP contribution in [0.4, 0.5) is 0 Å². The third-order valence-electron chi connectivity index (χ3n) is 3.28. The van der Waals surface area contributed by atoms with Crippen LogP contribution in [0.2, 0.25) is 0 Å². The Bertz CT molecular complexity index is 523. The summed E-state index contributed by atoms with van der Waals surface area (Å²) >= 11 is 1.76. The largest absolute Gasteiger partial charge is 0.497 e. The molecule has 1 aromatic carbocycles. The van der Waals surface area contributed by atoms with Gasteiger partial charge in [-0.1, -0.05) is 6.07 Å². The van der Waals surface area contributed by atoms with Crippen molar-refractivity contribution < 1.29 is 14.6 Å². The molecule has 0 aliphatic heterocycles. The fourth-order valence-electron chi connectivity index (χ4n) is 2.17. The normalized spacial score (nSPS) is 12.2. The van der Waals surface area contributed by atoms with Crippen LogP contribution in [0.1, 0.15) is 29.4 Å². The Morgan fingerprint density at radius 1 is 1.20 bits per heavy atom. The minimum atomic E-state index is -0.504. The van der Waals surface area contributed by atoms with E-state index in [2.05, 4.69) is 17.5 Å². The molecule has 0 aliphatic rings. The lowest BCUT2D eigenvalue weighted by molar-refractivity contribution is 0.160. The minimum Gasteiger partial charge on any atom is -0.497 e. The minimum absolute atomic E-state index is 0.504. The molecule has 0 spiro atoms. The number of aryl methyl sites for hydroxylation is 1. The van der Waals surface area contributed by atoms with Crippen LogP contribution in [-0.4, -0.2) is 19.3 Å². The number of hydrogen-bond acceptors (Lipinski definition) is 4. The zero-order chi connectivity index (χ0) is 14.4. The molecule has 3 nitrogen and oxygen atoms in total. The summed E-state index contributed by atoms with van der Waals surface area (Å²) in [6, 6.07) is 9.71. The third kappa shape index (κ3) is 3.74. The molecule has 20 heavy (non-hydrogen) atoms. The van der Waals surface area contributed by atoms with E-state index < -0.39 is 6.10 Å². The van der Waals surface area contributed by atoms with Gasteiger partial charge in [0.1, 0.15) is 11.5 Å². The predicted molar refractivity (Wildman–Crippen MR) is 81.8 cm³/mol. The summed E-state index contributed by atoms with van der Waals surface area (Å²) in [4.78, 5) is 1.36. The van der Waals surface area contributed by atoms with E-state index in [4.69, 9.17) is 9.47 Å². The average Bonchev–Trinajstić information content (AvgIpc) is 2.99. The van der Waals surface area contributed by atoms with Crippen LogP contribution in [0.25, 0.3) is 0 Å². The van der Waals surface area contributed by atoms with Crippen molar-refractivity contribution in [3.05, 3.63) is 46.2 Å². The van der Waals surface area contributed by atoms with Gasteiger partial charge in [-0.2, -0.15) is 0 Å². The van der Waals surface area contributed by atoms with Gasteiger partial charge in [0, 0.05) is 16.5 Å². The van der Waals surface area contributed by atoms with Crippen molar-refractivity contribution >= 4 is 11.3 Å². The van der Waals surface area contributed by atoms with E-state index in [0.29, 0.717) is 5.75 Å². The van der Waals surface area contributed by atoms with Crippen molar-refractivity contribution in [3.8, 4) is 11.5 Å². The summed E-state index contributed by atoms with van der Waals surface area (Å²) in [5.41, 5.74) is 0.819. The van der Waals surface area contributed by atoms with Crippen molar-refractivity contribution in [1.29, 1.82) is 0 Å². The molecule has 4 heteroatoms. The average molecular weight is 292 g/mol. The summed E-state index contributed by atoms with van der Waals surface area (Å²) in [6.07, 6.45) is 2.18. The number of ether oxygens (including phenoxy) is 2. The number of aliphatic hydroxyl groups excluding tert-OH is 1. The zero-order valence-corrected chi connectivity index (χ0v) is 12.7. The number of methoxy groups -OCH3 is 2. The SMILES string of the molecule is COc1ccc(C(O)CCCc2cccs2)c(OC)c1. The number of rotatable bonds is 7. The van der Waals surface area contributed by atoms with Crippen molar-refractivity contribution in [2.24, 2.45) is 0 Å². The van der Waals surface area contributed by atoms with Gasteiger partial charge < -0.3 is 14.6 Å². The van der Waals surface area contributed by atoms with Gasteiger partial charge >= 0.3 is 0 Å². The van der Waals surface area contributed by atoms with Crippen LogP contribution in [0, 0.1) is 0 Å². The van der Waals surface area contributed by atoms with Gasteiger partial charge in [-0.15, -0.1) is 11.3 Å². The van der Waals surface area contributed by atoms with Gasteiger partial charge in [0.25, 0.3) is 0 Å². The fraction of sp³-hybridized carbons (Fsp3) is 0.375. The van der Waals surface area contributed by atoms with Gasteiger partial charge in [-0.05, 0) is 42.8 Å². The van der Waals surface area contributed by atoms with E-state index in [1.165, 1.54) is 4.88 Å². The maximum atomic E-state index is 10.3. The van der Waals surface area contributed by atoms with E-state index in [0.717, 1.165) is 30.6 Å². The first-order chi connectivity index (χ1) is 9.74. The molecule has 0 fully saturated rings. The number of hydrogen-bond donors (Lipinski definition) is 1. The third-order valence-corrected chi connectivity index (χ3v) is 4.22. The highest BCUT2D eigenvalue weighted by molar-refractivity contribution is 7.09. The number of benzene rings is 1. The second-order valence-electron chi connectivity index (χ2n) is 4.60. The summed E-state index contributed by atoms with van der Waals surface area (Å²) < 4.78 is 10.5. The van der Waals surface area contributed by atoms with Crippen LogP contribution in [0.15, 0.2) is 35.7 Å². The molecular formula is C16H20O3S. The molecule has 0 radical (unpaired) electrons. The van der Waals surface area contributed by atoms with Crippen LogP contribution in [-0.2, 0) is 6.42 Å². The van der Waals surface area contributed by atoms with E-state index in [1.807, 2.05) is 12.1 Å². The standard InChI is InChI=1S/C16H20O3S/c1-18-12-8-9-14(16(11-12)19-2)15(17)7-3-5-13-6-4-10-20-13/h4,6,8-11,15,17H,3,5,7H2,1-2H3. The molecule has 0 bridgehead atoms. The van der Waals surface area contributed by atoms with Crippen LogP contribution < -0.4 is 9.47 Å². The van der Waals surface area contributed by atoms with Gasteiger partial charge in [-0.3, -0.25) is 0 Å². The smallest absolute Gasteiger partial charge is 0.128 e. The van der Waals surface area contributed by atoms with Gasteiger partial charge in [0.15, 0.2) is 0 Å². The lowest BCUT2D eigenvalue weighted by atomic mass is 10.0. The highest BCUT2D eigenvalue weighted by Crippen LogP contribution is 2.31. The monoisotopic (exact) mass is 292 g/mol. The van der Waals surface area contributed by atoms with E-state index in [9.17, 15) is 5.11 Å². The molecule has 1 atom stereocenters. The molecule has 1 N–H and O–H groups in total. The highest BCUT2D eigenvalue weighted by atomic mass is 32.1. The second-order valence-corrected chi connectivity index (χ2v) is 5.63. The Balaban J connectivity index is 1.95. The quantitative estimate of drug-likeness (QED) is 0.843. The van der Waals surface area contributed by atoms with Crippen molar-refractivity contribution in [1.82, 2.24) is 0 Å². The molecule has 1 unspecified atom stereocenters.